The Morgan fingerprint density at radius 2 is 2.00 bits per heavy atom. The summed E-state index contributed by atoms with van der Waals surface area (Å²) in [7, 11) is 1.28. The van der Waals surface area contributed by atoms with Crippen LogP contribution in [-0.2, 0) is 4.74 Å². The number of rotatable bonds is 5. The molecule has 1 aromatic carbocycles. The maximum atomic E-state index is 14.7. The van der Waals surface area contributed by atoms with E-state index >= 15 is 0 Å². The lowest BCUT2D eigenvalue weighted by atomic mass is 9.93. The molecular formula is C21H17F4N5O3. The summed E-state index contributed by atoms with van der Waals surface area (Å²) in [6, 6.07) is 2.58. The number of primary amides is 1. The van der Waals surface area contributed by atoms with Crippen molar-refractivity contribution in [1.29, 1.82) is 0 Å². The quantitative estimate of drug-likeness (QED) is 0.577. The van der Waals surface area contributed by atoms with Crippen molar-refractivity contribution in [1.82, 2.24) is 19.9 Å². The summed E-state index contributed by atoms with van der Waals surface area (Å²) in [4.78, 5) is 28.4. The molecule has 0 bridgehead atoms. The highest BCUT2D eigenvalue weighted by Crippen LogP contribution is 2.42. The minimum absolute atomic E-state index is 0.0354. The SMILES string of the molecule is COc1ncc(C(N)=O)c(-c2c(-c3cc(F)ccc3F)ncnc2C2CCC(F)(F)CO2)n1. The van der Waals surface area contributed by atoms with Crippen LogP contribution in [0.3, 0.4) is 0 Å². The standard InChI is InChI=1S/C21H17F4N5O3/c1-32-20-27-7-12(19(26)31)17(30-20)15-16(11-6-10(22)2-3-13(11)23)28-9-29-18(15)14-4-5-21(24,25)8-33-14/h2-3,6-7,9,14H,4-5,8H2,1H3,(H2,26,31). The van der Waals surface area contributed by atoms with Crippen LogP contribution < -0.4 is 10.5 Å². The van der Waals surface area contributed by atoms with Crippen molar-refractivity contribution in [2.45, 2.75) is 24.9 Å². The summed E-state index contributed by atoms with van der Waals surface area (Å²) in [5, 5.41) is 0. The van der Waals surface area contributed by atoms with Crippen molar-refractivity contribution in [3.63, 3.8) is 0 Å². The Kier molecular flexibility index (Phi) is 5.93. The van der Waals surface area contributed by atoms with E-state index in [-0.39, 0.29) is 46.2 Å². The number of hydrogen-bond donors (Lipinski definition) is 1. The van der Waals surface area contributed by atoms with Gasteiger partial charge in [-0.05, 0) is 24.6 Å². The monoisotopic (exact) mass is 463 g/mol. The minimum Gasteiger partial charge on any atom is -0.467 e. The molecule has 172 valence electrons. The first-order valence-electron chi connectivity index (χ1n) is 9.71. The number of ether oxygens (including phenoxy) is 2. The van der Waals surface area contributed by atoms with Crippen LogP contribution in [-0.4, -0.2) is 45.5 Å². The van der Waals surface area contributed by atoms with E-state index in [2.05, 4.69) is 19.9 Å². The number of methoxy groups -OCH3 is 1. The zero-order valence-corrected chi connectivity index (χ0v) is 17.2. The lowest BCUT2D eigenvalue weighted by molar-refractivity contribution is -0.146. The third kappa shape index (κ3) is 4.46. The van der Waals surface area contributed by atoms with Crippen LogP contribution >= 0.6 is 0 Å². The summed E-state index contributed by atoms with van der Waals surface area (Å²) in [5.41, 5.74) is 4.78. The number of hydrogen-bond acceptors (Lipinski definition) is 7. The lowest BCUT2D eigenvalue weighted by Gasteiger charge is -2.29. The van der Waals surface area contributed by atoms with Gasteiger partial charge in [-0.15, -0.1) is 0 Å². The van der Waals surface area contributed by atoms with E-state index in [1.807, 2.05) is 0 Å². The van der Waals surface area contributed by atoms with E-state index in [0.717, 1.165) is 30.7 Å². The fourth-order valence-corrected chi connectivity index (χ4v) is 3.53. The first-order chi connectivity index (χ1) is 15.7. The van der Waals surface area contributed by atoms with Gasteiger partial charge in [0.25, 0.3) is 11.8 Å². The summed E-state index contributed by atoms with van der Waals surface area (Å²) in [6.45, 7) is -0.861. The van der Waals surface area contributed by atoms with Gasteiger partial charge < -0.3 is 15.2 Å². The summed E-state index contributed by atoms with van der Waals surface area (Å²) < 4.78 is 66.5. The second-order valence-corrected chi connectivity index (χ2v) is 7.28. The molecule has 12 heteroatoms. The molecule has 0 spiro atoms. The van der Waals surface area contributed by atoms with E-state index in [9.17, 15) is 22.4 Å². The molecule has 3 heterocycles. The van der Waals surface area contributed by atoms with Crippen LogP contribution in [0.1, 0.15) is 35.0 Å². The Labute approximate surface area is 184 Å². The zero-order chi connectivity index (χ0) is 23.8. The van der Waals surface area contributed by atoms with Crippen molar-refractivity contribution in [2.75, 3.05) is 13.7 Å². The van der Waals surface area contributed by atoms with Crippen molar-refractivity contribution >= 4 is 5.91 Å². The van der Waals surface area contributed by atoms with Gasteiger partial charge in [0.15, 0.2) is 0 Å². The Bertz CT molecular complexity index is 1210. The highest BCUT2D eigenvalue weighted by molar-refractivity contribution is 6.00. The molecule has 33 heavy (non-hydrogen) atoms. The van der Waals surface area contributed by atoms with Gasteiger partial charge in [0.1, 0.15) is 30.7 Å². The average Bonchev–Trinajstić information content (AvgIpc) is 2.79. The molecule has 1 fully saturated rings. The molecule has 1 aliphatic rings. The number of carbonyl (C=O) groups excluding carboxylic acids is 1. The molecule has 1 unspecified atom stereocenters. The molecule has 2 aromatic heterocycles. The first kappa shape index (κ1) is 22.5. The predicted molar refractivity (Wildman–Crippen MR) is 106 cm³/mol. The van der Waals surface area contributed by atoms with Gasteiger partial charge in [0.2, 0.25) is 0 Å². The summed E-state index contributed by atoms with van der Waals surface area (Å²) in [6.07, 6.45) is 0.593. The Morgan fingerprint density at radius 3 is 2.67 bits per heavy atom. The minimum atomic E-state index is -3.02. The Balaban J connectivity index is 2.01. The Morgan fingerprint density at radius 1 is 1.21 bits per heavy atom. The number of aromatic nitrogens is 4. The lowest BCUT2D eigenvalue weighted by Crippen LogP contribution is -2.31. The summed E-state index contributed by atoms with van der Waals surface area (Å²) >= 11 is 0. The van der Waals surface area contributed by atoms with E-state index in [4.69, 9.17) is 15.2 Å². The normalized spacial score (nSPS) is 17.5. The molecule has 1 saturated heterocycles. The van der Waals surface area contributed by atoms with Gasteiger partial charge in [-0.3, -0.25) is 4.79 Å². The van der Waals surface area contributed by atoms with Gasteiger partial charge in [-0.1, -0.05) is 0 Å². The van der Waals surface area contributed by atoms with Gasteiger partial charge in [0.05, 0.1) is 35.3 Å². The Hall–Kier alpha value is -3.67. The topological polar surface area (TPSA) is 113 Å². The third-order valence-electron chi connectivity index (χ3n) is 5.08. The molecule has 4 rings (SSSR count). The van der Waals surface area contributed by atoms with E-state index < -0.39 is 42.6 Å². The molecule has 1 aliphatic heterocycles. The maximum Gasteiger partial charge on any atom is 0.316 e. The van der Waals surface area contributed by atoms with Crippen LogP contribution in [0.25, 0.3) is 22.5 Å². The third-order valence-corrected chi connectivity index (χ3v) is 5.08. The predicted octanol–water partition coefficient (Wildman–Crippen LogP) is 3.47. The largest absolute Gasteiger partial charge is 0.467 e. The number of benzene rings is 1. The number of nitrogens with two attached hydrogens (primary N) is 1. The van der Waals surface area contributed by atoms with E-state index in [0.29, 0.717) is 0 Å². The van der Waals surface area contributed by atoms with Crippen LogP contribution in [0.4, 0.5) is 17.6 Å². The smallest absolute Gasteiger partial charge is 0.316 e. The number of carbonyl (C=O) groups is 1. The second-order valence-electron chi connectivity index (χ2n) is 7.28. The van der Waals surface area contributed by atoms with Gasteiger partial charge >= 0.3 is 6.01 Å². The molecule has 0 radical (unpaired) electrons. The van der Waals surface area contributed by atoms with E-state index in [1.165, 1.54) is 7.11 Å². The van der Waals surface area contributed by atoms with Gasteiger partial charge in [0, 0.05) is 18.2 Å². The first-order valence-corrected chi connectivity index (χ1v) is 9.71. The molecule has 3 aromatic rings. The second kappa shape index (κ2) is 8.70. The van der Waals surface area contributed by atoms with Crippen LogP contribution in [0.15, 0.2) is 30.7 Å². The van der Waals surface area contributed by atoms with Gasteiger partial charge in [-0.2, -0.15) is 4.98 Å². The number of alkyl halides is 2. The fourth-order valence-electron chi connectivity index (χ4n) is 3.53. The van der Waals surface area contributed by atoms with Crippen molar-refractivity contribution < 1.29 is 31.8 Å². The zero-order valence-electron chi connectivity index (χ0n) is 17.2. The molecular weight excluding hydrogens is 446 g/mol. The molecule has 1 atom stereocenters. The van der Waals surface area contributed by atoms with Crippen LogP contribution in [0.2, 0.25) is 0 Å². The van der Waals surface area contributed by atoms with Crippen molar-refractivity contribution in [3.8, 4) is 28.5 Å². The molecule has 0 aliphatic carbocycles. The number of amides is 1. The number of nitrogens with zero attached hydrogens (tertiary/aromatic N) is 4. The highest BCUT2D eigenvalue weighted by atomic mass is 19.3. The van der Waals surface area contributed by atoms with Gasteiger partial charge in [-0.25, -0.2) is 32.5 Å². The molecule has 2 N–H and O–H groups in total. The highest BCUT2D eigenvalue weighted by Gasteiger charge is 2.39. The number of halogens is 4. The fraction of sp³-hybridized carbons (Fsp3) is 0.286. The van der Waals surface area contributed by atoms with Crippen LogP contribution in [0, 0.1) is 11.6 Å². The molecule has 1 amide bonds. The van der Waals surface area contributed by atoms with E-state index in [1.54, 1.807) is 0 Å². The molecule has 8 nitrogen and oxygen atoms in total. The van der Waals surface area contributed by atoms with Crippen molar-refractivity contribution in [3.05, 3.63) is 53.6 Å². The summed E-state index contributed by atoms with van der Waals surface area (Å²) in [5.74, 6) is -5.51. The molecule has 0 saturated carbocycles. The van der Waals surface area contributed by atoms with Crippen molar-refractivity contribution in [2.24, 2.45) is 5.73 Å². The van der Waals surface area contributed by atoms with Crippen LogP contribution in [0.5, 0.6) is 6.01 Å². The average molecular weight is 463 g/mol. The maximum absolute atomic E-state index is 14.7.